The summed E-state index contributed by atoms with van der Waals surface area (Å²) in [5.74, 6) is 5.97. The van der Waals surface area contributed by atoms with Gasteiger partial charge in [-0.2, -0.15) is 0 Å². The molecule has 5 aliphatic heterocycles. The molecule has 8 atom stereocenters. The number of nitrogens with one attached hydrogen (secondary N) is 8. The van der Waals surface area contributed by atoms with Crippen LogP contribution in [0.15, 0.2) is 0 Å². The summed E-state index contributed by atoms with van der Waals surface area (Å²) < 4.78 is 0. The fourth-order valence-corrected chi connectivity index (χ4v) is 12.0. The van der Waals surface area contributed by atoms with Crippen molar-refractivity contribution in [2.75, 3.05) is 0 Å². The second-order valence-electron chi connectivity index (χ2n) is 15.7. The van der Waals surface area contributed by atoms with Crippen LogP contribution in [0, 0.1) is 47.3 Å². The van der Waals surface area contributed by atoms with Gasteiger partial charge in [0, 0.05) is 0 Å². The highest BCUT2D eigenvalue weighted by atomic mass is 35.7. The highest BCUT2D eigenvalue weighted by Gasteiger charge is 2.54. The minimum Gasteiger partial charge on any atom is -0.286 e. The number of halogens is 2. The molecule has 4 aliphatic carbocycles. The zero-order chi connectivity index (χ0) is 28.9. The van der Waals surface area contributed by atoms with E-state index in [-0.39, 0.29) is 0 Å². The molecule has 0 aromatic carbocycles. The standard InChI is InChI=1S/C32H56N8.Al.2ClH.H/c1-2-10-18-17(9-1)25-33-26(18)38-28-21-13-5-6-14-22(21)30(35-28)40-32-24-16-8-7-15-23(24)31(36-32)39-29-20-12-4-3-11-19(20)27(34-29)37-25;;;;/h17-40H,1-16H2;;2*1H;/q;+2;;;/p-2. The van der Waals surface area contributed by atoms with Crippen molar-refractivity contribution in [2.45, 2.75) is 152 Å². The van der Waals surface area contributed by atoms with Crippen LogP contribution in [0.5, 0.6) is 0 Å². The van der Waals surface area contributed by atoms with E-state index >= 15 is 0 Å². The molecular formula is C32H57AlCl2N8. The molecular weight excluding hydrogens is 594 g/mol. The Hall–Kier alpha value is 0.792. The van der Waals surface area contributed by atoms with Gasteiger partial charge in [-0.3, -0.25) is 42.5 Å². The second kappa shape index (κ2) is 13.7. The lowest BCUT2D eigenvalue weighted by molar-refractivity contribution is 0.167. The van der Waals surface area contributed by atoms with Gasteiger partial charge >= 0.3 is 13.4 Å². The van der Waals surface area contributed by atoms with Crippen LogP contribution in [0.25, 0.3) is 0 Å². The van der Waals surface area contributed by atoms with Gasteiger partial charge in [-0.25, -0.2) is 20.1 Å². The molecule has 5 saturated heterocycles. The van der Waals surface area contributed by atoms with Gasteiger partial charge in [-0.1, -0.05) is 51.4 Å². The monoisotopic (exact) mass is 650 g/mol. The Morgan fingerprint density at radius 3 is 0.512 bits per heavy atom. The molecule has 0 spiro atoms. The Balaban J connectivity index is 0.000000892. The van der Waals surface area contributed by atoms with Crippen molar-refractivity contribution in [3.63, 3.8) is 0 Å². The first-order chi connectivity index (χ1) is 21.2. The van der Waals surface area contributed by atoms with Crippen LogP contribution in [0.3, 0.4) is 0 Å². The van der Waals surface area contributed by atoms with E-state index in [4.69, 9.17) is 20.1 Å². The summed E-state index contributed by atoms with van der Waals surface area (Å²) in [4.78, 5) is 0. The molecule has 5 heterocycles. The third kappa shape index (κ3) is 6.02. The molecule has 242 valence electrons. The van der Waals surface area contributed by atoms with Crippen molar-refractivity contribution in [1.82, 2.24) is 42.5 Å². The molecule has 0 amide bonds. The average molecular weight is 652 g/mol. The van der Waals surface area contributed by atoms with Crippen LogP contribution >= 0.6 is 20.1 Å². The molecule has 8 bridgehead atoms. The maximum absolute atomic E-state index is 4.90. The molecule has 8 N–H and O–H groups in total. The summed E-state index contributed by atoms with van der Waals surface area (Å²) in [7, 11) is 9.81. The molecule has 0 radical (unpaired) electrons. The summed E-state index contributed by atoms with van der Waals surface area (Å²) in [5.41, 5.74) is 0. The number of hydrogen-bond acceptors (Lipinski definition) is 8. The zero-order valence-corrected chi connectivity index (χ0v) is 28.9. The van der Waals surface area contributed by atoms with Gasteiger partial charge in [-0.05, 0) is 98.7 Å². The second-order valence-corrected chi connectivity index (χ2v) is 18.3. The summed E-state index contributed by atoms with van der Waals surface area (Å²) in [5, 5.41) is 33.8. The van der Waals surface area contributed by atoms with Gasteiger partial charge in [0.25, 0.3) is 0 Å². The topological polar surface area (TPSA) is 96.2 Å². The maximum atomic E-state index is 4.90. The molecule has 0 aromatic heterocycles. The van der Waals surface area contributed by atoms with E-state index in [1.165, 1.54) is 103 Å². The van der Waals surface area contributed by atoms with E-state index < -0.39 is 13.4 Å². The fourth-order valence-electron chi connectivity index (χ4n) is 12.0. The van der Waals surface area contributed by atoms with Gasteiger partial charge < -0.3 is 0 Å². The van der Waals surface area contributed by atoms with Gasteiger partial charge in [0.05, 0.1) is 49.3 Å². The molecule has 8 nitrogen and oxygen atoms in total. The van der Waals surface area contributed by atoms with Crippen molar-refractivity contribution < 1.29 is 0 Å². The predicted octanol–water partition coefficient (Wildman–Crippen LogP) is 3.34. The summed E-state index contributed by atoms with van der Waals surface area (Å²) in [6.07, 6.45) is 25.6. The van der Waals surface area contributed by atoms with Crippen molar-refractivity contribution in [3.05, 3.63) is 0 Å². The summed E-state index contributed by atoms with van der Waals surface area (Å²) in [6, 6.07) is 0. The minimum absolute atomic E-state index is 0.420. The fraction of sp³-hybridized carbons (Fsp3) is 1.00. The molecule has 8 unspecified atom stereocenters. The third-order valence-electron chi connectivity index (χ3n) is 13.8. The van der Waals surface area contributed by atoms with E-state index in [0.29, 0.717) is 49.3 Å². The van der Waals surface area contributed by atoms with Crippen LogP contribution in [0.4, 0.5) is 0 Å². The van der Waals surface area contributed by atoms with E-state index in [1.807, 2.05) is 0 Å². The quantitative estimate of drug-likeness (QED) is 0.189. The molecule has 4 saturated carbocycles. The van der Waals surface area contributed by atoms with E-state index in [9.17, 15) is 0 Å². The Morgan fingerprint density at radius 2 is 0.395 bits per heavy atom. The Morgan fingerprint density at radius 1 is 0.279 bits per heavy atom. The highest BCUT2D eigenvalue weighted by molar-refractivity contribution is 7.22. The van der Waals surface area contributed by atoms with E-state index in [1.54, 1.807) is 0 Å². The number of fused-ring (bicyclic) bond motifs is 20. The largest absolute Gasteiger partial charge is 0.499 e. The van der Waals surface area contributed by atoms with Gasteiger partial charge in [0.1, 0.15) is 0 Å². The first-order valence-electron chi connectivity index (χ1n) is 18.4. The van der Waals surface area contributed by atoms with Crippen molar-refractivity contribution in [3.8, 4) is 0 Å². The first-order valence-corrected chi connectivity index (χ1v) is 22.7. The molecule has 9 fully saturated rings. The van der Waals surface area contributed by atoms with Crippen LogP contribution in [-0.4, -0.2) is 62.7 Å². The molecule has 9 aliphatic rings. The van der Waals surface area contributed by atoms with Gasteiger partial charge in [0.15, 0.2) is 0 Å². The SMILES string of the molecule is C1CCC2C3NC(NC4NC(NC5NC(NC6NC(N3)C3CCCCC63)C3CCCCC53)C3CCCCC43)C2C1.[Cl][AlH][Cl]. The van der Waals surface area contributed by atoms with Crippen LogP contribution in [0.1, 0.15) is 103 Å². The third-order valence-corrected chi connectivity index (χ3v) is 13.8. The van der Waals surface area contributed by atoms with Crippen molar-refractivity contribution >= 4 is 33.5 Å². The lowest BCUT2D eigenvalue weighted by Crippen LogP contribution is -2.61. The van der Waals surface area contributed by atoms with Crippen LogP contribution in [0.2, 0.25) is 0 Å². The van der Waals surface area contributed by atoms with Gasteiger partial charge in [0.2, 0.25) is 0 Å². The smallest absolute Gasteiger partial charge is 0.286 e. The lowest BCUT2D eigenvalue weighted by Gasteiger charge is -2.35. The van der Waals surface area contributed by atoms with Crippen molar-refractivity contribution in [2.24, 2.45) is 47.3 Å². The van der Waals surface area contributed by atoms with E-state index in [2.05, 4.69) is 42.5 Å². The van der Waals surface area contributed by atoms with Crippen LogP contribution < -0.4 is 42.5 Å². The molecule has 9 rings (SSSR count). The Labute approximate surface area is 274 Å². The summed E-state index contributed by atoms with van der Waals surface area (Å²) in [6.45, 7) is 0. The minimum atomic E-state index is -0.639. The maximum Gasteiger partial charge on any atom is 0.499 e. The first kappa shape index (κ1) is 31.1. The Bertz CT molecular complexity index is 743. The lowest BCUT2D eigenvalue weighted by atomic mass is 9.76. The molecule has 11 heteroatoms. The van der Waals surface area contributed by atoms with Gasteiger partial charge in [-0.15, -0.1) is 0 Å². The molecule has 43 heavy (non-hydrogen) atoms. The van der Waals surface area contributed by atoms with E-state index in [0.717, 1.165) is 47.3 Å². The zero-order valence-electron chi connectivity index (χ0n) is 26.0. The average Bonchev–Trinajstić information content (AvgIpc) is 3.77. The van der Waals surface area contributed by atoms with Crippen LogP contribution in [-0.2, 0) is 0 Å². The Kier molecular flexibility index (Phi) is 9.92. The molecule has 0 aromatic rings. The van der Waals surface area contributed by atoms with Crippen molar-refractivity contribution in [1.29, 1.82) is 0 Å². The highest BCUT2D eigenvalue weighted by Crippen LogP contribution is 2.45. The predicted molar refractivity (Wildman–Crippen MR) is 176 cm³/mol. The summed E-state index contributed by atoms with van der Waals surface area (Å²) >= 11 is -0.639. The normalized spacial score (nSPS) is 53.9. The number of rotatable bonds is 0. The number of hydrogen-bond donors (Lipinski definition) is 8.